The molecule has 0 aliphatic carbocycles. The van der Waals surface area contributed by atoms with Crippen molar-refractivity contribution in [1.29, 1.82) is 0 Å². The fourth-order valence-electron chi connectivity index (χ4n) is 2.31. The van der Waals surface area contributed by atoms with Gasteiger partial charge in [0.2, 0.25) is 5.91 Å². The van der Waals surface area contributed by atoms with Crippen molar-refractivity contribution in [3.63, 3.8) is 0 Å². The van der Waals surface area contributed by atoms with Crippen molar-refractivity contribution >= 4 is 11.9 Å². The number of rotatable bonds is 6. The summed E-state index contributed by atoms with van der Waals surface area (Å²) in [5.74, 6) is -1.28. The summed E-state index contributed by atoms with van der Waals surface area (Å²) in [6.07, 6.45) is 0.310. The molecule has 24 heavy (non-hydrogen) atoms. The molecule has 0 heterocycles. The third-order valence-electron chi connectivity index (χ3n) is 3.63. The smallest absolute Gasteiger partial charge is 0.326 e. The van der Waals surface area contributed by atoms with E-state index in [1.807, 2.05) is 0 Å². The van der Waals surface area contributed by atoms with Crippen LogP contribution >= 0.6 is 0 Å². The van der Waals surface area contributed by atoms with Crippen LogP contribution in [0.4, 0.5) is 0 Å². The first-order chi connectivity index (χ1) is 11.4. The lowest BCUT2D eigenvalue weighted by molar-refractivity contribution is -0.141. The molecule has 0 saturated carbocycles. The van der Waals surface area contributed by atoms with Gasteiger partial charge in [0.05, 0.1) is 0 Å². The first-order valence-electron chi connectivity index (χ1n) is 7.54. The third-order valence-corrected chi connectivity index (χ3v) is 3.63. The number of phenolic OH excluding ortho intramolecular Hbond substituents is 2. The first kappa shape index (κ1) is 17.3. The number of carbonyl (C=O) groups is 2. The van der Waals surface area contributed by atoms with Crippen molar-refractivity contribution in [2.24, 2.45) is 0 Å². The van der Waals surface area contributed by atoms with E-state index < -0.39 is 12.0 Å². The number of aliphatic carboxylic acids is 1. The summed E-state index contributed by atoms with van der Waals surface area (Å²) in [5, 5.41) is 31.1. The van der Waals surface area contributed by atoms with E-state index in [1.54, 1.807) is 31.2 Å². The van der Waals surface area contributed by atoms with Crippen molar-refractivity contribution in [3.05, 3.63) is 48.0 Å². The fraction of sp³-hybridized carbons (Fsp3) is 0.222. The van der Waals surface area contributed by atoms with Crippen LogP contribution in [0.1, 0.15) is 18.9 Å². The zero-order valence-electron chi connectivity index (χ0n) is 13.2. The maximum absolute atomic E-state index is 11.5. The van der Waals surface area contributed by atoms with Crippen molar-refractivity contribution in [2.75, 3.05) is 0 Å². The average Bonchev–Trinajstić information content (AvgIpc) is 2.56. The van der Waals surface area contributed by atoms with Gasteiger partial charge in [-0.1, -0.05) is 25.1 Å². The minimum atomic E-state index is -1.11. The lowest BCUT2D eigenvalue weighted by Crippen LogP contribution is -2.42. The van der Waals surface area contributed by atoms with Crippen LogP contribution in [0.5, 0.6) is 11.5 Å². The molecule has 0 aliphatic rings. The van der Waals surface area contributed by atoms with Gasteiger partial charge in [-0.05, 0) is 35.4 Å². The predicted octanol–water partition coefficient (Wildman–Crippen LogP) is 2.29. The van der Waals surface area contributed by atoms with E-state index in [9.17, 15) is 24.9 Å². The molecule has 0 spiro atoms. The highest BCUT2D eigenvalue weighted by Crippen LogP contribution is 2.31. The van der Waals surface area contributed by atoms with Gasteiger partial charge in [0.1, 0.15) is 17.5 Å². The molecular weight excluding hydrogens is 310 g/mol. The molecule has 2 aromatic carbocycles. The zero-order valence-corrected chi connectivity index (χ0v) is 13.2. The van der Waals surface area contributed by atoms with Crippen LogP contribution < -0.4 is 5.32 Å². The number of benzene rings is 2. The number of carboxylic acids is 1. The number of carboxylic acid groups (broad SMARTS) is 1. The van der Waals surface area contributed by atoms with Gasteiger partial charge in [0.25, 0.3) is 0 Å². The van der Waals surface area contributed by atoms with Crippen LogP contribution in [-0.2, 0) is 16.0 Å². The van der Waals surface area contributed by atoms with Gasteiger partial charge in [-0.3, -0.25) is 4.79 Å². The zero-order chi connectivity index (χ0) is 17.7. The SMILES string of the molecule is CCC(=O)NC(Cc1ccc(O)c(-c2ccc(O)cc2)c1)C(=O)O. The van der Waals surface area contributed by atoms with Crippen molar-refractivity contribution in [2.45, 2.75) is 25.8 Å². The number of aromatic hydroxyl groups is 2. The van der Waals surface area contributed by atoms with Gasteiger partial charge >= 0.3 is 5.97 Å². The van der Waals surface area contributed by atoms with Gasteiger partial charge in [-0.15, -0.1) is 0 Å². The Kier molecular flexibility index (Phi) is 5.42. The number of hydrogen-bond donors (Lipinski definition) is 4. The fourth-order valence-corrected chi connectivity index (χ4v) is 2.31. The molecule has 0 fully saturated rings. The lowest BCUT2D eigenvalue weighted by Gasteiger charge is -2.15. The maximum atomic E-state index is 11.5. The van der Waals surface area contributed by atoms with Crippen LogP contribution in [0.15, 0.2) is 42.5 Å². The van der Waals surface area contributed by atoms with Gasteiger partial charge < -0.3 is 20.6 Å². The Morgan fingerprint density at radius 2 is 1.75 bits per heavy atom. The van der Waals surface area contributed by atoms with Crippen LogP contribution in [0, 0.1) is 0 Å². The molecule has 6 nitrogen and oxygen atoms in total. The van der Waals surface area contributed by atoms with Gasteiger partial charge in [-0.2, -0.15) is 0 Å². The van der Waals surface area contributed by atoms with Gasteiger partial charge in [0, 0.05) is 18.4 Å². The average molecular weight is 329 g/mol. The molecule has 0 aromatic heterocycles. The van der Waals surface area contributed by atoms with E-state index in [-0.39, 0.29) is 30.2 Å². The number of carbonyl (C=O) groups excluding carboxylic acids is 1. The topological polar surface area (TPSA) is 107 Å². The number of phenols is 2. The van der Waals surface area contributed by atoms with Crippen LogP contribution in [0.3, 0.4) is 0 Å². The first-order valence-corrected chi connectivity index (χ1v) is 7.54. The normalized spacial score (nSPS) is 11.7. The second-order valence-electron chi connectivity index (χ2n) is 5.41. The van der Waals surface area contributed by atoms with Crippen LogP contribution in [-0.4, -0.2) is 33.2 Å². The summed E-state index contributed by atoms with van der Waals surface area (Å²) < 4.78 is 0. The Morgan fingerprint density at radius 1 is 1.08 bits per heavy atom. The second-order valence-corrected chi connectivity index (χ2v) is 5.41. The molecular formula is C18H19NO5. The summed E-state index contributed by atoms with van der Waals surface area (Å²) in [4.78, 5) is 22.8. The molecule has 1 unspecified atom stereocenters. The summed E-state index contributed by atoms with van der Waals surface area (Å²) in [6.45, 7) is 1.65. The van der Waals surface area contributed by atoms with Crippen molar-refractivity contribution in [3.8, 4) is 22.6 Å². The minimum absolute atomic E-state index is 0.0499. The quantitative estimate of drug-likeness (QED) is 0.650. The Bertz CT molecular complexity index is 740. The predicted molar refractivity (Wildman–Crippen MR) is 88.8 cm³/mol. The molecule has 1 amide bonds. The Balaban J connectivity index is 2.28. The number of amides is 1. The Hall–Kier alpha value is -3.02. The summed E-state index contributed by atoms with van der Waals surface area (Å²) in [6, 6.07) is 10.1. The van der Waals surface area contributed by atoms with Crippen molar-refractivity contribution < 1.29 is 24.9 Å². The van der Waals surface area contributed by atoms with Gasteiger partial charge in [0.15, 0.2) is 0 Å². The maximum Gasteiger partial charge on any atom is 0.326 e. The Morgan fingerprint density at radius 3 is 2.33 bits per heavy atom. The highest BCUT2D eigenvalue weighted by Gasteiger charge is 2.20. The molecule has 4 N–H and O–H groups in total. The third kappa shape index (κ3) is 4.25. The van der Waals surface area contributed by atoms with Crippen LogP contribution in [0.25, 0.3) is 11.1 Å². The van der Waals surface area contributed by atoms with Crippen molar-refractivity contribution in [1.82, 2.24) is 5.32 Å². The van der Waals surface area contributed by atoms with Crippen LogP contribution in [0.2, 0.25) is 0 Å². The van der Waals surface area contributed by atoms with E-state index in [0.717, 1.165) is 0 Å². The van der Waals surface area contributed by atoms with E-state index >= 15 is 0 Å². The minimum Gasteiger partial charge on any atom is -0.508 e. The Labute approximate surface area is 139 Å². The molecule has 0 bridgehead atoms. The molecule has 1 atom stereocenters. The molecule has 0 saturated heterocycles. The van der Waals surface area contributed by atoms with E-state index in [0.29, 0.717) is 16.7 Å². The molecule has 126 valence electrons. The molecule has 0 radical (unpaired) electrons. The monoisotopic (exact) mass is 329 g/mol. The van der Waals surface area contributed by atoms with Gasteiger partial charge in [-0.25, -0.2) is 4.79 Å². The summed E-state index contributed by atoms with van der Waals surface area (Å²) in [5.41, 5.74) is 1.88. The largest absolute Gasteiger partial charge is 0.508 e. The molecule has 2 rings (SSSR count). The second kappa shape index (κ2) is 7.50. The highest BCUT2D eigenvalue weighted by atomic mass is 16.4. The summed E-state index contributed by atoms with van der Waals surface area (Å²) >= 11 is 0. The lowest BCUT2D eigenvalue weighted by atomic mass is 9.98. The summed E-state index contributed by atoms with van der Waals surface area (Å²) in [7, 11) is 0. The van der Waals surface area contributed by atoms with E-state index in [2.05, 4.69) is 5.32 Å². The van der Waals surface area contributed by atoms with E-state index in [4.69, 9.17) is 0 Å². The van der Waals surface area contributed by atoms with E-state index in [1.165, 1.54) is 18.2 Å². The number of hydrogen-bond acceptors (Lipinski definition) is 4. The molecule has 0 aliphatic heterocycles. The number of nitrogens with one attached hydrogen (secondary N) is 1. The highest BCUT2D eigenvalue weighted by molar-refractivity contribution is 5.83. The standard InChI is InChI=1S/C18H19NO5/c1-2-17(22)19-15(18(23)24)10-11-3-8-16(21)14(9-11)12-4-6-13(20)7-5-12/h3-9,15,20-21H,2,10H2,1H3,(H,19,22)(H,23,24). The molecule has 2 aromatic rings. The molecule has 6 heteroatoms.